The van der Waals surface area contributed by atoms with Crippen molar-refractivity contribution in [3.05, 3.63) is 28.5 Å². The number of fused-ring (bicyclic) bond motifs is 1. The Balaban J connectivity index is 1.49. The van der Waals surface area contributed by atoms with Crippen molar-refractivity contribution in [2.24, 2.45) is 5.16 Å². The zero-order valence-electron chi connectivity index (χ0n) is 17.8. The monoisotopic (exact) mass is 524 g/mol. The fourth-order valence-corrected chi connectivity index (χ4v) is 6.04. The molecule has 180 valence electrons. The first-order chi connectivity index (χ1) is 16.4. The Labute approximate surface area is 205 Å². The third-order valence-electron chi connectivity index (χ3n) is 4.75. The van der Waals surface area contributed by atoms with E-state index in [0.29, 0.717) is 35.1 Å². The van der Waals surface area contributed by atoms with E-state index in [2.05, 4.69) is 30.9 Å². The van der Waals surface area contributed by atoms with Gasteiger partial charge in [0.1, 0.15) is 34.4 Å². The second-order valence-corrected chi connectivity index (χ2v) is 10.0. The molecule has 1 unspecified atom stereocenters. The van der Waals surface area contributed by atoms with Gasteiger partial charge in [-0.1, -0.05) is 23.8 Å². The molecule has 2 aliphatic rings. The molecular formula is C18H20N8O5S3. The van der Waals surface area contributed by atoms with Gasteiger partial charge in [-0.2, -0.15) is 10.3 Å². The van der Waals surface area contributed by atoms with Gasteiger partial charge in [0.05, 0.1) is 6.20 Å². The zero-order valence-corrected chi connectivity index (χ0v) is 20.2. The number of anilines is 1. The van der Waals surface area contributed by atoms with Gasteiger partial charge in [0.2, 0.25) is 0 Å². The molecule has 0 spiro atoms. The number of carbonyl (C=O) groups excluding carboxylic acids is 2. The van der Waals surface area contributed by atoms with Gasteiger partial charge in [-0.05, 0) is 12.0 Å². The summed E-state index contributed by atoms with van der Waals surface area (Å²) >= 11 is 3.83. The number of carboxylic acid groups (broad SMARTS) is 1. The number of oxime groups is 1. The molecule has 5 N–H and O–H groups in total. The largest absolute Gasteiger partial charge is 0.477 e. The molecule has 1 fully saturated rings. The van der Waals surface area contributed by atoms with Crippen molar-refractivity contribution >= 4 is 63.5 Å². The summed E-state index contributed by atoms with van der Waals surface area (Å²) in [6.07, 6.45) is 2.22. The number of carbonyl (C=O) groups is 3. The number of aliphatic carboxylic acids is 1. The first-order valence-corrected chi connectivity index (χ1v) is 12.9. The minimum Gasteiger partial charge on any atom is -0.477 e. The average molecular weight is 525 g/mol. The lowest BCUT2D eigenvalue weighted by Gasteiger charge is -2.49. The number of amides is 2. The number of aromatic amines is 1. The highest BCUT2D eigenvalue weighted by Crippen LogP contribution is 2.41. The number of hydrogen-bond donors (Lipinski definition) is 4. The van der Waals surface area contributed by atoms with Crippen LogP contribution in [0.4, 0.5) is 5.13 Å². The number of β-lactam (4-membered cyclic amide) rings is 1. The maximum Gasteiger partial charge on any atom is 0.352 e. The van der Waals surface area contributed by atoms with Crippen LogP contribution in [0.3, 0.4) is 0 Å². The number of thioether (sulfide) groups is 2. The van der Waals surface area contributed by atoms with Crippen molar-refractivity contribution in [1.29, 1.82) is 0 Å². The van der Waals surface area contributed by atoms with E-state index in [1.807, 2.05) is 6.92 Å². The van der Waals surface area contributed by atoms with Crippen LogP contribution in [-0.2, 0) is 19.2 Å². The summed E-state index contributed by atoms with van der Waals surface area (Å²) < 4.78 is 0. The summed E-state index contributed by atoms with van der Waals surface area (Å²) in [4.78, 5) is 48.3. The first kappa shape index (κ1) is 24.0. The molecule has 2 atom stereocenters. The van der Waals surface area contributed by atoms with Gasteiger partial charge in [-0.15, -0.1) is 28.2 Å². The van der Waals surface area contributed by atoms with E-state index in [4.69, 9.17) is 10.6 Å². The highest BCUT2D eigenvalue weighted by atomic mass is 32.2. The van der Waals surface area contributed by atoms with Crippen LogP contribution in [0, 0.1) is 0 Å². The Bertz CT molecular complexity index is 1150. The lowest BCUT2D eigenvalue weighted by Crippen LogP contribution is -2.71. The molecule has 4 heterocycles. The zero-order chi connectivity index (χ0) is 24.2. The van der Waals surface area contributed by atoms with Crippen LogP contribution >= 0.6 is 34.9 Å². The molecular weight excluding hydrogens is 504 g/mol. The number of hydrogen-bond acceptors (Lipinski definition) is 12. The van der Waals surface area contributed by atoms with Crippen molar-refractivity contribution in [3.63, 3.8) is 0 Å². The van der Waals surface area contributed by atoms with Gasteiger partial charge in [0.15, 0.2) is 10.8 Å². The molecule has 0 aliphatic carbocycles. The van der Waals surface area contributed by atoms with Gasteiger partial charge in [0, 0.05) is 16.9 Å². The lowest BCUT2D eigenvalue weighted by molar-refractivity contribution is -0.150. The second kappa shape index (κ2) is 10.4. The number of thiazole rings is 1. The molecule has 2 aliphatic heterocycles. The van der Waals surface area contributed by atoms with Gasteiger partial charge < -0.3 is 21.0 Å². The quantitative estimate of drug-likeness (QED) is 0.111. The Morgan fingerprint density at radius 1 is 1.50 bits per heavy atom. The topological polar surface area (TPSA) is 189 Å². The predicted molar refractivity (Wildman–Crippen MR) is 126 cm³/mol. The van der Waals surface area contributed by atoms with E-state index in [9.17, 15) is 19.5 Å². The molecule has 2 amide bonds. The summed E-state index contributed by atoms with van der Waals surface area (Å²) in [7, 11) is 0. The Morgan fingerprint density at radius 2 is 2.32 bits per heavy atom. The molecule has 2 aromatic rings. The van der Waals surface area contributed by atoms with Gasteiger partial charge >= 0.3 is 5.97 Å². The molecule has 0 bridgehead atoms. The minimum absolute atomic E-state index is 0.0670. The minimum atomic E-state index is -1.20. The number of nitrogen functional groups attached to an aromatic ring is 1. The number of nitrogens with zero attached hydrogens (tertiary/aromatic N) is 5. The Kier molecular flexibility index (Phi) is 7.38. The third kappa shape index (κ3) is 4.88. The van der Waals surface area contributed by atoms with E-state index < -0.39 is 29.2 Å². The van der Waals surface area contributed by atoms with E-state index in [1.54, 1.807) is 5.38 Å². The molecule has 1 saturated heterocycles. The first-order valence-electron chi connectivity index (χ1n) is 10.0. The van der Waals surface area contributed by atoms with E-state index in [0.717, 1.165) is 11.3 Å². The number of aromatic nitrogens is 4. The van der Waals surface area contributed by atoms with Crippen LogP contribution in [0.1, 0.15) is 19.0 Å². The summed E-state index contributed by atoms with van der Waals surface area (Å²) in [5.41, 5.74) is 6.33. The van der Waals surface area contributed by atoms with Crippen LogP contribution in [0.2, 0.25) is 0 Å². The number of nitrogens with two attached hydrogens (primary N) is 1. The van der Waals surface area contributed by atoms with Crippen molar-refractivity contribution < 1.29 is 24.3 Å². The van der Waals surface area contributed by atoms with Crippen LogP contribution < -0.4 is 11.1 Å². The van der Waals surface area contributed by atoms with Crippen LogP contribution in [0.15, 0.2) is 33.0 Å². The Morgan fingerprint density at radius 3 is 2.97 bits per heavy atom. The smallest absolute Gasteiger partial charge is 0.352 e. The number of carboxylic acids is 1. The highest BCUT2D eigenvalue weighted by Gasteiger charge is 2.54. The summed E-state index contributed by atoms with van der Waals surface area (Å²) in [5.74, 6) is -1.65. The predicted octanol–water partition coefficient (Wildman–Crippen LogP) is 0.505. The molecule has 16 heteroatoms. The van der Waals surface area contributed by atoms with Crippen LogP contribution in [0.25, 0.3) is 0 Å². The molecule has 4 rings (SSSR count). The van der Waals surface area contributed by atoms with E-state index in [-0.39, 0.29) is 22.2 Å². The van der Waals surface area contributed by atoms with Crippen LogP contribution in [-0.4, -0.2) is 83.4 Å². The lowest BCUT2D eigenvalue weighted by atomic mass is 10.0. The van der Waals surface area contributed by atoms with Gasteiger partial charge in [-0.3, -0.25) is 14.5 Å². The Hall–Kier alpha value is -3.11. The second-order valence-electron chi connectivity index (χ2n) is 7.06. The highest BCUT2D eigenvalue weighted by molar-refractivity contribution is 8.01. The molecule has 2 aromatic heterocycles. The van der Waals surface area contributed by atoms with Crippen molar-refractivity contribution in [3.8, 4) is 0 Å². The maximum absolute atomic E-state index is 13.0. The molecule has 0 saturated carbocycles. The van der Waals surface area contributed by atoms with Crippen molar-refractivity contribution in [1.82, 2.24) is 30.6 Å². The molecule has 13 nitrogen and oxygen atoms in total. The number of rotatable bonds is 10. The fraction of sp³-hybridized carbons (Fsp3) is 0.389. The van der Waals surface area contributed by atoms with E-state index >= 15 is 0 Å². The summed E-state index contributed by atoms with van der Waals surface area (Å²) in [6.45, 7) is 2.19. The van der Waals surface area contributed by atoms with Crippen molar-refractivity contribution in [2.45, 2.75) is 29.8 Å². The maximum atomic E-state index is 13.0. The van der Waals surface area contributed by atoms with Crippen LogP contribution in [0.5, 0.6) is 0 Å². The summed E-state index contributed by atoms with van der Waals surface area (Å²) in [6, 6.07) is -0.913. The molecule has 34 heavy (non-hydrogen) atoms. The van der Waals surface area contributed by atoms with Crippen molar-refractivity contribution in [2.75, 3.05) is 23.8 Å². The fourth-order valence-electron chi connectivity index (χ4n) is 3.23. The number of nitrogens with one attached hydrogen (secondary N) is 2. The average Bonchev–Trinajstić information content (AvgIpc) is 3.49. The molecule has 0 radical (unpaired) electrons. The third-order valence-corrected chi connectivity index (χ3v) is 7.75. The normalized spacial score (nSPS) is 20.1. The SMILES string of the molecule is CCCO/N=C(/C(=O)NC1C(=O)N2C(C(=O)O)=C(CSc3cn[nH]n3)CS[C@H]12)c1csc(N)n1. The molecule has 0 aromatic carbocycles. The van der Waals surface area contributed by atoms with Gasteiger partial charge in [0.25, 0.3) is 11.8 Å². The standard InChI is InChI=1S/C18H20N8O5S3/c1-2-3-31-24-11(9-7-34-18(19)21-9)14(27)22-12-15(28)26-13(17(29)30)8(6-33-16(12)26)5-32-10-4-20-25-23-10/h4,7,12,16H,2-3,5-6H2,1H3,(H2,19,21)(H,22,27)(H,29,30)(H,20,23,25)/b24-11+/t12?,16-/m1/s1. The number of H-pyrrole nitrogens is 1. The summed E-state index contributed by atoms with van der Waals surface area (Å²) in [5, 5.41) is 28.4. The van der Waals surface area contributed by atoms with Gasteiger partial charge in [-0.25, -0.2) is 9.78 Å². The van der Waals surface area contributed by atoms with E-state index in [1.165, 1.54) is 34.6 Å².